The highest BCUT2D eigenvalue weighted by molar-refractivity contribution is 5.83. The molecule has 0 amide bonds. The number of aryl methyl sites for hydroxylation is 1. The van der Waals surface area contributed by atoms with Crippen molar-refractivity contribution >= 4 is 22.7 Å². The molecule has 0 unspecified atom stereocenters. The zero-order chi connectivity index (χ0) is 16.5. The highest BCUT2D eigenvalue weighted by atomic mass is 19.1. The largest absolute Gasteiger partial charge is 0.368 e. The van der Waals surface area contributed by atoms with Gasteiger partial charge in [-0.25, -0.2) is 19.3 Å². The summed E-state index contributed by atoms with van der Waals surface area (Å²) in [5.41, 5.74) is 2.79. The van der Waals surface area contributed by atoms with Gasteiger partial charge < -0.3 is 14.4 Å². The Morgan fingerprint density at radius 1 is 0.958 bits per heavy atom. The summed E-state index contributed by atoms with van der Waals surface area (Å²) >= 11 is 0. The van der Waals surface area contributed by atoms with Crippen LogP contribution < -0.4 is 9.80 Å². The van der Waals surface area contributed by atoms with Crippen molar-refractivity contribution < 1.29 is 4.39 Å². The molecule has 1 aromatic carbocycles. The minimum absolute atomic E-state index is 0.202. The molecule has 0 radical (unpaired) electrons. The van der Waals surface area contributed by atoms with Crippen LogP contribution in [0.3, 0.4) is 0 Å². The van der Waals surface area contributed by atoms with E-state index in [2.05, 4.69) is 31.7 Å². The van der Waals surface area contributed by atoms with E-state index in [1.54, 1.807) is 6.33 Å². The first-order chi connectivity index (χ1) is 11.8. The second kappa shape index (κ2) is 6.07. The molecule has 0 saturated carbocycles. The van der Waals surface area contributed by atoms with Gasteiger partial charge in [0.1, 0.15) is 12.1 Å². The van der Waals surface area contributed by atoms with Gasteiger partial charge in [0.15, 0.2) is 17.0 Å². The average molecular weight is 326 g/mol. The summed E-state index contributed by atoms with van der Waals surface area (Å²) in [6.45, 7) is 6.35. The van der Waals surface area contributed by atoms with Gasteiger partial charge in [-0.1, -0.05) is 0 Å². The fourth-order valence-corrected chi connectivity index (χ4v) is 3.16. The summed E-state index contributed by atoms with van der Waals surface area (Å²) in [4.78, 5) is 17.8. The Kier molecular flexibility index (Phi) is 3.76. The number of nitrogens with zero attached hydrogens (tertiary/aromatic N) is 6. The zero-order valence-corrected chi connectivity index (χ0v) is 13.6. The zero-order valence-electron chi connectivity index (χ0n) is 13.6. The second-order valence-electron chi connectivity index (χ2n) is 5.85. The predicted octanol–water partition coefficient (Wildman–Crippen LogP) is 2.31. The normalized spacial score (nSPS) is 15.2. The smallest absolute Gasteiger partial charge is 0.165 e. The summed E-state index contributed by atoms with van der Waals surface area (Å²) in [5.74, 6) is 0.693. The van der Waals surface area contributed by atoms with Gasteiger partial charge in [0.25, 0.3) is 0 Å². The van der Waals surface area contributed by atoms with Crippen LogP contribution >= 0.6 is 0 Å². The molecule has 0 atom stereocenters. The van der Waals surface area contributed by atoms with E-state index in [0.717, 1.165) is 55.4 Å². The van der Waals surface area contributed by atoms with Crippen molar-refractivity contribution in [2.45, 2.75) is 13.5 Å². The minimum atomic E-state index is -0.202. The lowest BCUT2D eigenvalue weighted by Gasteiger charge is -2.36. The lowest BCUT2D eigenvalue weighted by Crippen LogP contribution is -2.47. The number of hydrogen-bond donors (Lipinski definition) is 0. The Bertz CT molecular complexity index is 836. The number of imidazole rings is 1. The molecule has 0 N–H and O–H groups in total. The summed E-state index contributed by atoms with van der Waals surface area (Å²) in [6.07, 6.45) is 3.43. The van der Waals surface area contributed by atoms with Crippen molar-refractivity contribution in [1.82, 2.24) is 19.5 Å². The number of aromatic nitrogens is 4. The molecule has 3 aromatic rings. The summed E-state index contributed by atoms with van der Waals surface area (Å²) in [6, 6.07) is 6.67. The van der Waals surface area contributed by atoms with Crippen molar-refractivity contribution in [3.05, 3.63) is 42.7 Å². The highest BCUT2D eigenvalue weighted by Gasteiger charge is 2.21. The van der Waals surface area contributed by atoms with E-state index in [9.17, 15) is 4.39 Å². The van der Waals surface area contributed by atoms with Crippen molar-refractivity contribution in [2.75, 3.05) is 36.0 Å². The van der Waals surface area contributed by atoms with Crippen LogP contribution in [0.5, 0.6) is 0 Å². The first-order valence-electron chi connectivity index (χ1n) is 8.17. The monoisotopic (exact) mass is 326 g/mol. The van der Waals surface area contributed by atoms with E-state index in [1.807, 2.05) is 23.0 Å². The van der Waals surface area contributed by atoms with Crippen LogP contribution in [0, 0.1) is 5.82 Å². The molecule has 0 aliphatic carbocycles. The third kappa shape index (κ3) is 2.55. The van der Waals surface area contributed by atoms with Gasteiger partial charge in [0, 0.05) is 38.4 Å². The lowest BCUT2D eigenvalue weighted by atomic mass is 10.2. The summed E-state index contributed by atoms with van der Waals surface area (Å²) in [7, 11) is 0. The molecular weight excluding hydrogens is 307 g/mol. The third-order valence-corrected chi connectivity index (χ3v) is 4.49. The number of hydrogen-bond acceptors (Lipinski definition) is 5. The lowest BCUT2D eigenvalue weighted by molar-refractivity contribution is 0.624. The molecule has 0 bridgehead atoms. The average Bonchev–Trinajstić information content (AvgIpc) is 3.06. The first kappa shape index (κ1) is 14.9. The van der Waals surface area contributed by atoms with Gasteiger partial charge >= 0.3 is 0 Å². The Morgan fingerprint density at radius 3 is 2.38 bits per heavy atom. The molecule has 4 rings (SSSR count). The Balaban J connectivity index is 1.54. The molecule has 24 heavy (non-hydrogen) atoms. The van der Waals surface area contributed by atoms with Crippen molar-refractivity contribution in [1.29, 1.82) is 0 Å². The van der Waals surface area contributed by atoms with E-state index in [-0.39, 0.29) is 5.82 Å². The van der Waals surface area contributed by atoms with Crippen LogP contribution in [0.15, 0.2) is 36.9 Å². The Morgan fingerprint density at radius 2 is 1.67 bits per heavy atom. The molecule has 1 aliphatic rings. The number of fused-ring (bicyclic) bond motifs is 1. The Hall–Kier alpha value is -2.70. The van der Waals surface area contributed by atoms with Crippen molar-refractivity contribution in [3.8, 4) is 0 Å². The molecule has 1 aliphatic heterocycles. The molecule has 7 heteroatoms. The van der Waals surface area contributed by atoms with Crippen molar-refractivity contribution in [3.63, 3.8) is 0 Å². The van der Waals surface area contributed by atoms with E-state index < -0.39 is 0 Å². The maximum absolute atomic E-state index is 13.1. The van der Waals surface area contributed by atoms with Crippen molar-refractivity contribution in [2.24, 2.45) is 0 Å². The maximum Gasteiger partial charge on any atom is 0.165 e. The van der Waals surface area contributed by atoms with Gasteiger partial charge in [-0.2, -0.15) is 0 Å². The predicted molar refractivity (Wildman–Crippen MR) is 91.8 cm³/mol. The SMILES string of the molecule is CCn1cnc2c(N3CCN(c4ccc(F)cc4)CC3)ncnc21. The molecule has 1 saturated heterocycles. The summed E-state index contributed by atoms with van der Waals surface area (Å²) < 4.78 is 15.1. The maximum atomic E-state index is 13.1. The number of rotatable bonds is 3. The molecule has 0 spiro atoms. The van der Waals surface area contributed by atoms with Gasteiger partial charge in [-0.05, 0) is 31.2 Å². The fraction of sp³-hybridized carbons (Fsp3) is 0.353. The van der Waals surface area contributed by atoms with Crippen LogP contribution in [-0.4, -0.2) is 45.7 Å². The molecule has 1 fully saturated rings. The van der Waals surface area contributed by atoms with E-state index in [1.165, 1.54) is 12.1 Å². The highest BCUT2D eigenvalue weighted by Crippen LogP contribution is 2.24. The number of anilines is 2. The van der Waals surface area contributed by atoms with E-state index in [0.29, 0.717) is 0 Å². The van der Waals surface area contributed by atoms with Gasteiger partial charge in [-0.3, -0.25) is 0 Å². The number of halogens is 1. The number of piperazine rings is 1. The van der Waals surface area contributed by atoms with Crippen LogP contribution in [0.2, 0.25) is 0 Å². The molecule has 3 heterocycles. The molecule has 124 valence electrons. The van der Waals surface area contributed by atoms with E-state index >= 15 is 0 Å². The van der Waals surface area contributed by atoms with Crippen LogP contribution in [-0.2, 0) is 6.54 Å². The van der Waals surface area contributed by atoms with Gasteiger partial charge in [-0.15, -0.1) is 0 Å². The minimum Gasteiger partial charge on any atom is -0.368 e. The standard InChI is InChI=1S/C17H19FN6/c1-2-22-12-21-15-16(22)19-11-20-17(15)24-9-7-23(8-10-24)14-5-3-13(18)4-6-14/h3-6,11-12H,2,7-10H2,1H3. The number of benzene rings is 1. The second-order valence-corrected chi connectivity index (χ2v) is 5.85. The molecule has 2 aromatic heterocycles. The van der Waals surface area contributed by atoms with Crippen LogP contribution in [0.4, 0.5) is 15.9 Å². The van der Waals surface area contributed by atoms with Gasteiger partial charge in [0.05, 0.1) is 6.33 Å². The molecular formula is C17H19FN6. The van der Waals surface area contributed by atoms with Crippen LogP contribution in [0.25, 0.3) is 11.2 Å². The van der Waals surface area contributed by atoms with Crippen LogP contribution in [0.1, 0.15) is 6.92 Å². The summed E-state index contributed by atoms with van der Waals surface area (Å²) in [5, 5.41) is 0. The quantitative estimate of drug-likeness (QED) is 0.739. The van der Waals surface area contributed by atoms with Gasteiger partial charge in [0.2, 0.25) is 0 Å². The fourth-order valence-electron chi connectivity index (χ4n) is 3.16. The Labute approximate surface area is 139 Å². The van der Waals surface area contributed by atoms with E-state index in [4.69, 9.17) is 0 Å². The first-order valence-corrected chi connectivity index (χ1v) is 8.17. The molecule has 6 nitrogen and oxygen atoms in total. The topological polar surface area (TPSA) is 50.1 Å². The third-order valence-electron chi connectivity index (χ3n) is 4.49.